The fourth-order valence-electron chi connectivity index (χ4n) is 1.92. The van der Waals surface area contributed by atoms with Gasteiger partial charge >= 0.3 is 0 Å². The molecule has 1 aliphatic heterocycles. The molecule has 0 spiro atoms. The first-order valence-electron chi connectivity index (χ1n) is 5.66. The van der Waals surface area contributed by atoms with Gasteiger partial charge in [0.15, 0.2) is 0 Å². The van der Waals surface area contributed by atoms with E-state index >= 15 is 0 Å². The van der Waals surface area contributed by atoms with Gasteiger partial charge in [-0.1, -0.05) is 0 Å². The quantitative estimate of drug-likeness (QED) is 0.689. The lowest BCUT2D eigenvalue weighted by molar-refractivity contribution is -0.135. The summed E-state index contributed by atoms with van der Waals surface area (Å²) >= 11 is 0. The van der Waals surface area contributed by atoms with Gasteiger partial charge in [0.1, 0.15) is 6.61 Å². The molecule has 1 fully saturated rings. The van der Waals surface area contributed by atoms with Crippen molar-refractivity contribution in [2.75, 3.05) is 39.9 Å². The first-order chi connectivity index (χ1) is 7.15. The van der Waals surface area contributed by atoms with Crippen molar-refractivity contribution in [3.63, 3.8) is 0 Å². The molecule has 0 unspecified atom stereocenters. The maximum Gasteiger partial charge on any atom is 0.248 e. The van der Waals surface area contributed by atoms with Gasteiger partial charge in [0.2, 0.25) is 5.91 Å². The Kier molecular flexibility index (Phi) is 5.05. The molecule has 15 heavy (non-hydrogen) atoms. The van der Waals surface area contributed by atoms with Crippen LogP contribution in [-0.4, -0.2) is 61.6 Å². The van der Waals surface area contributed by atoms with Crippen molar-refractivity contribution in [1.82, 2.24) is 9.80 Å². The summed E-state index contributed by atoms with van der Waals surface area (Å²) in [5.74, 6) is 0.114. The number of amides is 1. The summed E-state index contributed by atoms with van der Waals surface area (Å²) in [4.78, 5) is 15.9. The largest absolute Gasteiger partial charge is 0.375 e. The molecule has 0 N–H and O–H groups in total. The highest BCUT2D eigenvalue weighted by molar-refractivity contribution is 5.77. The Morgan fingerprint density at radius 1 is 1.27 bits per heavy atom. The molecule has 1 heterocycles. The van der Waals surface area contributed by atoms with Crippen LogP contribution in [0.4, 0.5) is 0 Å². The Labute approximate surface area is 92.2 Å². The minimum Gasteiger partial charge on any atom is -0.375 e. The van der Waals surface area contributed by atoms with E-state index in [1.807, 2.05) is 4.90 Å². The van der Waals surface area contributed by atoms with E-state index in [0.717, 1.165) is 32.6 Å². The number of nitrogens with zero attached hydrogens (tertiary/aromatic N) is 2. The van der Waals surface area contributed by atoms with E-state index in [1.54, 1.807) is 7.11 Å². The first kappa shape index (κ1) is 12.5. The van der Waals surface area contributed by atoms with Crippen molar-refractivity contribution >= 4 is 5.91 Å². The summed E-state index contributed by atoms with van der Waals surface area (Å²) in [5, 5.41) is 0. The lowest BCUT2D eigenvalue weighted by atomic mass is 10.3. The zero-order chi connectivity index (χ0) is 11.3. The molecule has 0 atom stereocenters. The summed E-state index contributed by atoms with van der Waals surface area (Å²) in [6.45, 7) is 8.38. The van der Waals surface area contributed by atoms with E-state index in [-0.39, 0.29) is 12.5 Å². The van der Waals surface area contributed by atoms with Crippen LogP contribution in [0.1, 0.15) is 20.3 Å². The van der Waals surface area contributed by atoms with E-state index in [0.29, 0.717) is 6.04 Å². The SMILES string of the molecule is COCC(=O)N1CCCN(C(C)C)CC1. The predicted octanol–water partition coefficient (Wildman–Crippen LogP) is 0.575. The van der Waals surface area contributed by atoms with Crippen LogP contribution in [-0.2, 0) is 9.53 Å². The van der Waals surface area contributed by atoms with Gasteiger partial charge in [-0.05, 0) is 20.3 Å². The normalized spacial score (nSPS) is 19.3. The zero-order valence-corrected chi connectivity index (χ0v) is 10.0. The van der Waals surface area contributed by atoms with Gasteiger partial charge in [-0.3, -0.25) is 9.69 Å². The maximum atomic E-state index is 11.6. The van der Waals surface area contributed by atoms with Crippen LogP contribution in [0.15, 0.2) is 0 Å². The summed E-state index contributed by atoms with van der Waals surface area (Å²) in [6, 6.07) is 0.572. The van der Waals surface area contributed by atoms with Crippen molar-refractivity contribution in [2.45, 2.75) is 26.3 Å². The minimum absolute atomic E-state index is 0.114. The van der Waals surface area contributed by atoms with E-state index in [9.17, 15) is 4.79 Å². The molecular formula is C11H22N2O2. The van der Waals surface area contributed by atoms with Crippen LogP contribution in [0.3, 0.4) is 0 Å². The third kappa shape index (κ3) is 3.80. The van der Waals surface area contributed by atoms with Crippen molar-refractivity contribution in [2.24, 2.45) is 0 Å². The molecule has 1 amide bonds. The van der Waals surface area contributed by atoms with Crippen molar-refractivity contribution in [1.29, 1.82) is 0 Å². The summed E-state index contributed by atoms with van der Waals surface area (Å²) in [7, 11) is 1.57. The van der Waals surface area contributed by atoms with Crippen LogP contribution in [0.2, 0.25) is 0 Å². The lowest BCUT2D eigenvalue weighted by Gasteiger charge is -2.24. The van der Waals surface area contributed by atoms with E-state index < -0.39 is 0 Å². The Morgan fingerprint density at radius 2 is 2.00 bits per heavy atom. The Hall–Kier alpha value is -0.610. The average molecular weight is 214 g/mol. The molecule has 4 nitrogen and oxygen atoms in total. The zero-order valence-electron chi connectivity index (χ0n) is 10.0. The fraction of sp³-hybridized carbons (Fsp3) is 0.909. The maximum absolute atomic E-state index is 11.6. The van der Waals surface area contributed by atoms with Gasteiger partial charge in [-0.25, -0.2) is 0 Å². The van der Waals surface area contributed by atoms with Crippen molar-refractivity contribution in [3.8, 4) is 0 Å². The topological polar surface area (TPSA) is 32.8 Å². The number of carbonyl (C=O) groups excluding carboxylic acids is 1. The van der Waals surface area contributed by atoms with E-state index in [4.69, 9.17) is 4.74 Å². The molecule has 0 aromatic heterocycles. The van der Waals surface area contributed by atoms with Gasteiger partial charge < -0.3 is 9.64 Å². The smallest absolute Gasteiger partial charge is 0.248 e. The number of ether oxygens (including phenoxy) is 1. The third-order valence-electron chi connectivity index (χ3n) is 2.88. The molecule has 0 aromatic carbocycles. The minimum atomic E-state index is 0.114. The Morgan fingerprint density at radius 3 is 2.60 bits per heavy atom. The summed E-state index contributed by atoms with van der Waals surface area (Å²) < 4.78 is 4.87. The molecule has 0 radical (unpaired) electrons. The number of hydrogen-bond acceptors (Lipinski definition) is 3. The second kappa shape index (κ2) is 6.08. The van der Waals surface area contributed by atoms with E-state index in [2.05, 4.69) is 18.7 Å². The highest BCUT2D eigenvalue weighted by Gasteiger charge is 2.19. The lowest BCUT2D eigenvalue weighted by Crippen LogP contribution is -2.38. The third-order valence-corrected chi connectivity index (χ3v) is 2.88. The number of rotatable bonds is 3. The molecule has 1 rings (SSSR count). The van der Waals surface area contributed by atoms with Crippen LogP contribution < -0.4 is 0 Å². The monoisotopic (exact) mass is 214 g/mol. The standard InChI is InChI=1S/C11H22N2O2/c1-10(2)12-5-4-6-13(8-7-12)11(14)9-15-3/h10H,4-9H2,1-3H3. The van der Waals surface area contributed by atoms with Gasteiger partial charge in [0.25, 0.3) is 0 Å². The molecule has 1 aliphatic rings. The molecule has 4 heteroatoms. The highest BCUT2D eigenvalue weighted by atomic mass is 16.5. The van der Waals surface area contributed by atoms with E-state index in [1.165, 1.54) is 0 Å². The first-order valence-corrected chi connectivity index (χ1v) is 5.66. The van der Waals surface area contributed by atoms with Gasteiger partial charge in [0.05, 0.1) is 0 Å². The second-order valence-electron chi connectivity index (χ2n) is 4.30. The Bertz CT molecular complexity index is 207. The number of hydrogen-bond donors (Lipinski definition) is 0. The van der Waals surface area contributed by atoms with Crippen molar-refractivity contribution < 1.29 is 9.53 Å². The highest BCUT2D eigenvalue weighted by Crippen LogP contribution is 2.06. The molecule has 0 saturated carbocycles. The van der Waals surface area contributed by atoms with Crippen LogP contribution >= 0.6 is 0 Å². The molecule has 1 saturated heterocycles. The van der Waals surface area contributed by atoms with Crippen LogP contribution in [0.25, 0.3) is 0 Å². The molecular weight excluding hydrogens is 192 g/mol. The molecule has 0 aromatic rings. The molecule has 88 valence electrons. The van der Waals surface area contributed by atoms with Gasteiger partial charge in [-0.2, -0.15) is 0 Å². The number of methoxy groups -OCH3 is 1. The molecule has 0 bridgehead atoms. The van der Waals surface area contributed by atoms with Crippen molar-refractivity contribution in [3.05, 3.63) is 0 Å². The second-order valence-corrected chi connectivity index (χ2v) is 4.30. The summed E-state index contributed by atoms with van der Waals surface area (Å²) in [6.07, 6.45) is 1.06. The average Bonchev–Trinajstić information content (AvgIpc) is 2.43. The van der Waals surface area contributed by atoms with Crippen LogP contribution in [0, 0.1) is 0 Å². The van der Waals surface area contributed by atoms with Gasteiger partial charge in [0, 0.05) is 39.3 Å². The fourth-order valence-corrected chi connectivity index (χ4v) is 1.92. The Balaban J connectivity index is 2.42. The van der Waals surface area contributed by atoms with Crippen LogP contribution in [0.5, 0.6) is 0 Å². The number of carbonyl (C=O) groups is 1. The summed E-state index contributed by atoms with van der Waals surface area (Å²) in [5.41, 5.74) is 0. The van der Waals surface area contributed by atoms with Gasteiger partial charge in [-0.15, -0.1) is 0 Å². The predicted molar refractivity (Wildman–Crippen MR) is 59.8 cm³/mol. The molecule has 0 aliphatic carbocycles.